The van der Waals surface area contributed by atoms with Crippen LogP contribution in [-0.4, -0.2) is 37.1 Å². The van der Waals surface area contributed by atoms with Gasteiger partial charge in [0.2, 0.25) is 5.91 Å². The van der Waals surface area contributed by atoms with Crippen molar-refractivity contribution < 1.29 is 9.53 Å². The molecule has 1 aromatic rings. The molecule has 1 N–H and O–H groups in total. The molecule has 1 heterocycles. The Morgan fingerprint density at radius 3 is 3.00 bits per heavy atom. The minimum absolute atomic E-state index is 0.0165. The third-order valence-corrected chi connectivity index (χ3v) is 3.56. The summed E-state index contributed by atoms with van der Waals surface area (Å²) in [6.45, 7) is 6.65. The number of rotatable bonds is 7. The zero-order valence-electron chi connectivity index (χ0n) is 12.4. The van der Waals surface area contributed by atoms with E-state index in [1.165, 1.54) is 5.56 Å². The molecule has 1 aliphatic heterocycles. The highest BCUT2D eigenvalue weighted by molar-refractivity contribution is 5.80. The molecule has 0 radical (unpaired) electrons. The van der Waals surface area contributed by atoms with Gasteiger partial charge in [-0.3, -0.25) is 10.1 Å². The summed E-state index contributed by atoms with van der Waals surface area (Å²) in [5.74, 6) is 0.149. The van der Waals surface area contributed by atoms with Crippen LogP contribution in [0.4, 0.5) is 0 Å². The number of hydrogen-bond acceptors (Lipinski definition) is 3. The Hall–Kier alpha value is -1.39. The lowest BCUT2D eigenvalue weighted by Crippen LogP contribution is -2.33. The van der Waals surface area contributed by atoms with Gasteiger partial charge in [-0.05, 0) is 18.9 Å². The number of amides is 1. The van der Waals surface area contributed by atoms with E-state index in [0.717, 1.165) is 25.0 Å². The molecule has 1 fully saturated rings. The van der Waals surface area contributed by atoms with E-state index in [1.807, 2.05) is 11.0 Å². The van der Waals surface area contributed by atoms with Crippen molar-refractivity contribution in [1.82, 2.24) is 10.2 Å². The van der Waals surface area contributed by atoms with Crippen LogP contribution < -0.4 is 5.32 Å². The Bertz CT molecular complexity index is 448. The molecular formula is C16H24N2O2. The minimum Gasteiger partial charge on any atom is -0.380 e. The van der Waals surface area contributed by atoms with Crippen LogP contribution >= 0.6 is 0 Å². The van der Waals surface area contributed by atoms with Crippen molar-refractivity contribution in [3.63, 3.8) is 0 Å². The number of benzene rings is 1. The first-order valence-electron chi connectivity index (χ1n) is 7.39. The summed E-state index contributed by atoms with van der Waals surface area (Å²) in [4.78, 5) is 13.8. The van der Waals surface area contributed by atoms with Gasteiger partial charge in [0.1, 0.15) is 6.17 Å². The number of unbranched alkanes of at least 4 members (excludes halogenated alkanes) is 1. The smallest absolute Gasteiger partial charge is 0.238 e. The Kier molecular flexibility index (Phi) is 5.56. The number of hydrogen-bond donors (Lipinski definition) is 1. The molecule has 1 atom stereocenters. The quantitative estimate of drug-likeness (QED) is 0.777. The van der Waals surface area contributed by atoms with Gasteiger partial charge in [0.15, 0.2) is 0 Å². The zero-order valence-corrected chi connectivity index (χ0v) is 12.4. The summed E-state index contributed by atoms with van der Waals surface area (Å²) in [5, 5.41) is 3.27. The molecule has 0 aliphatic carbocycles. The lowest BCUT2D eigenvalue weighted by molar-refractivity contribution is -0.128. The van der Waals surface area contributed by atoms with E-state index in [2.05, 4.69) is 37.4 Å². The summed E-state index contributed by atoms with van der Waals surface area (Å²) in [7, 11) is 0. The summed E-state index contributed by atoms with van der Waals surface area (Å²) in [5.41, 5.74) is 2.35. The first-order valence-corrected chi connectivity index (χ1v) is 7.39. The van der Waals surface area contributed by atoms with E-state index >= 15 is 0 Å². The third-order valence-electron chi connectivity index (χ3n) is 3.56. The van der Waals surface area contributed by atoms with Crippen LogP contribution in [0.5, 0.6) is 0 Å². The molecule has 4 heteroatoms. The maximum absolute atomic E-state index is 12.0. The summed E-state index contributed by atoms with van der Waals surface area (Å²) < 4.78 is 5.57. The molecule has 1 aromatic carbocycles. The minimum atomic E-state index is -0.0165. The topological polar surface area (TPSA) is 41.6 Å². The second-order valence-electron chi connectivity index (χ2n) is 5.25. The fourth-order valence-electron chi connectivity index (χ4n) is 2.44. The van der Waals surface area contributed by atoms with Gasteiger partial charge < -0.3 is 9.64 Å². The van der Waals surface area contributed by atoms with E-state index in [-0.39, 0.29) is 12.1 Å². The fraction of sp³-hybridized carbons (Fsp3) is 0.562. The van der Waals surface area contributed by atoms with Gasteiger partial charge in [0.25, 0.3) is 0 Å². The van der Waals surface area contributed by atoms with Crippen molar-refractivity contribution in [2.24, 2.45) is 0 Å². The summed E-state index contributed by atoms with van der Waals surface area (Å²) >= 11 is 0. The zero-order chi connectivity index (χ0) is 14.4. The van der Waals surface area contributed by atoms with Crippen LogP contribution in [0.3, 0.4) is 0 Å². The molecule has 2 rings (SSSR count). The fourth-order valence-corrected chi connectivity index (χ4v) is 2.44. The van der Waals surface area contributed by atoms with Gasteiger partial charge in [0, 0.05) is 13.2 Å². The van der Waals surface area contributed by atoms with Gasteiger partial charge in [-0.15, -0.1) is 0 Å². The average molecular weight is 276 g/mol. The molecule has 1 unspecified atom stereocenters. The van der Waals surface area contributed by atoms with Crippen molar-refractivity contribution in [1.29, 1.82) is 0 Å². The monoisotopic (exact) mass is 276 g/mol. The van der Waals surface area contributed by atoms with Crippen molar-refractivity contribution >= 4 is 5.91 Å². The Morgan fingerprint density at radius 2 is 2.25 bits per heavy atom. The highest BCUT2D eigenvalue weighted by Crippen LogP contribution is 2.22. The van der Waals surface area contributed by atoms with E-state index in [9.17, 15) is 4.79 Å². The molecule has 1 saturated heterocycles. The van der Waals surface area contributed by atoms with Crippen molar-refractivity contribution in [2.75, 3.05) is 26.3 Å². The molecule has 1 aliphatic rings. The van der Waals surface area contributed by atoms with Gasteiger partial charge in [0.05, 0.1) is 13.2 Å². The van der Waals surface area contributed by atoms with Crippen LogP contribution in [-0.2, 0) is 9.53 Å². The SMILES string of the molecule is CCCCOCCN1C(=O)CNC1c1cccc(C)c1. The predicted octanol–water partition coefficient (Wildman–Crippen LogP) is 2.24. The molecular weight excluding hydrogens is 252 g/mol. The molecule has 1 amide bonds. The lowest BCUT2D eigenvalue weighted by Gasteiger charge is -2.24. The van der Waals surface area contributed by atoms with E-state index < -0.39 is 0 Å². The van der Waals surface area contributed by atoms with Crippen LogP contribution in [0, 0.1) is 6.92 Å². The molecule has 110 valence electrons. The predicted molar refractivity (Wildman–Crippen MR) is 79.4 cm³/mol. The highest BCUT2D eigenvalue weighted by Gasteiger charge is 2.31. The second kappa shape index (κ2) is 7.41. The molecule has 20 heavy (non-hydrogen) atoms. The number of ether oxygens (including phenoxy) is 1. The van der Waals surface area contributed by atoms with Crippen molar-refractivity contribution in [2.45, 2.75) is 32.9 Å². The maximum Gasteiger partial charge on any atom is 0.238 e. The van der Waals surface area contributed by atoms with Crippen LogP contribution in [0.2, 0.25) is 0 Å². The van der Waals surface area contributed by atoms with E-state index in [0.29, 0.717) is 19.7 Å². The molecule has 4 nitrogen and oxygen atoms in total. The Morgan fingerprint density at radius 1 is 1.40 bits per heavy atom. The maximum atomic E-state index is 12.0. The van der Waals surface area contributed by atoms with Gasteiger partial charge in [-0.1, -0.05) is 43.2 Å². The second-order valence-corrected chi connectivity index (χ2v) is 5.25. The van der Waals surface area contributed by atoms with Crippen molar-refractivity contribution in [3.05, 3.63) is 35.4 Å². The number of nitrogens with zero attached hydrogens (tertiary/aromatic N) is 1. The van der Waals surface area contributed by atoms with E-state index in [1.54, 1.807) is 0 Å². The first kappa shape index (κ1) is 15.0. The Balaban J connectivity index is 1.93. The molecule has 0 spiro atoms. The number of aryl methyl sites for hydroxylation is 1. The van der Waals surface area contributed by atoms with Gasteiger partial charge in [-0.25, -0.2) is 0 Å². The van der Waals surface area contributed by atoms with Crippen LogP contribution in [0.1, 0.15) is 37.1 Å². The van der Waals surface area contributed by atoms with Crippen LogP contribution in [0.25, 0.3) is 0 Å². The number of carbonyl (C=O) groups is 1. The molecule has 0 aromatic heterocycles. The van der Waals surface area contributed by atoms with Gasteiger partial charge >= 0.3 is 0 Å². The van der Waals surface area contributed by atoms with Crippen LogP contribution in [0.15, 0.2) is 24.3 Å². The number of nitrogens with one attached hydrogen (secondary N) is 1. The summed E-state index contributed by atoms with van der Waals surface area (Å²) in [6, 6.07) is 8.29. The molecule has 0 saturated carbocycles. The average Bonchev–Trinajstić information content (AvgIpc) is 2.80. The highest BCUT2D eigenvalue weighted by atomic mass is 16.5. The number of carbonyl (C=O) groups excluding carboxylic acids is 1. The summed E-state index contributed by atoms with van der Waals surface area (Å²) in [6.07, 6.45) is 2.20. The van der Waals surface area contributed by atoms with E-state index in [4.69, 9.17) is 4.74 Å². The standard InChI is InChI=1S/C16H24N2O2/c1-3-4-9-20-10-8-18-15(19)12-17-16(18)14-7-5-6-13(2)11-14/h5-7,11,16-17H,3-4,8-10,12H2,1-2H3. The normalized spacial score (nSPS) is 18.8. The largest absolute Gasteiger partial charge is 0.380 e. The first-order chi connectivity index (χ1) is 9.72. The molecule has 0 bridgehead atoms. The van der Waals surface area contributed by atoms with Crippen molar-refractivity contribution in [3.8, 4) is 0 Å². The van der Waals surface area contributed by atoms with Gasteiger partial charge in [-0.2, -0.15) is 0 Å². The third kappa shape index (κ3) is 3.81. The Labute approximate surface area is 121 Å². The lowest BCUT2D eigenvalue weighted by atomic mass is 10.1.